The van der Waals surface area contributed by atoms with Crippen molar-refractivity contribution >= 4 is 34.4 Å². The standard InChI is InChI=1S/C22H22N4O/c1-4-9-26-13-16(17-7-5-6-8-19(17)26)12-23-25-21-18-11-14(2)10-15(3)20(18)24-22(21)27/h5-8,10-13H,4,9H2,1-3H3,(H,24,25,27)/b23-12-. The highest BCUT2D eigenvalue weighted by Crippen LogP contribution is 2.28. The summed E-state index contributed by atoms with van der Waals surface area (Å²) in [5, 5.41) is 12.5. The summed E-state index contributed by atoms with van der Waals surface area (Å²) in [6.07, 6.45) is 4.89. The van der Waals surface area contributed by atoms with E-state index in [-0.39, 0.29) is 5.91 Å². The first-order valence-electron chi connectivity index (χ1n) is 9.20. The van der Waals surface area contributed by atoms with E-state index in [1.165, 1.54) is 5.52 Å². The molecule has 5 nitrogen and oxygen atoms in total. The Morgan fingerprint density at radius 3 is 2.81 bits per heavy atom. The van der Waals surface area contributed by atoms with Gasteiger partial charge in [-0.15, -0.1) is 5.10 Å². The van der Waals surface area contributed by atoms with Crippen molar-refractivity contribution < 1.29 is 4.79 Å². The van der Waals surface area contributed by atoms with Crippen LogP contribution in [0.2, 0.25) is 0 Å². The molecule has 5 heteroatoms. The van der Waals surface area contributed by atoms with Crippen molar-refractivity contribution in [1.82, 2.24) is 4.57 Å². The number of amides is 1. The van der Waals surface area contributed by atoms with Crippen molar-refractivity contribution in [2.75, 3.05) is 5.32 Å². The van der Waals surface area contributed by atoms with E-state index in [0.717, 1.165) is 46.3 Å². The van der Waals surface area contributed by atoms with Crippen molar-refractivity contribution in [2.24, 2.45) is 10.2 Å². The van der Waals surface area contributed by atoms with Crippen molar-refractivity contribution in [3.05, 3.63) is 64.8 Å². The molecule has 3 aromatic rings. The molecule has 0 spiro atoms. The second-order valence-corrected chi connectivity index (χ2v) is 6.95. The quantitative estimate of drug-likeness (QED) is 0.544. The fourth-order valence-corrected chi connectivity index (χ4v) is 3.67. The molecule has 0 saturated carbocycles. The number of para-hydroxylation sites is 1. The maximum absolute atomic E-state index is 12.3. The second kappa shape index (κ2) is 6.83. The molecule has 1 aliphatic rings. The van der Waals surface area contributed by atoms with Crippen molar-refractivity contribution in [3.8, 4) is 0 Å². The maximum Gasteiger partial charge on any atom is 0.276 e. The number of hydrogen-bond donors (Lipinski definition) is 1. The van der Waals surface area contributed by atoms with Crippen LogP contribution in [-0.4, -0.2) is 22.4 Å². The van der Waals surface area contributed by atoms with E-state index < -0.39 is 0 Å². The van der Waals surface area contributed by atoms with E-state index in [1.807, 2.05) is 38.1 Å². The molecule has 0 fully saturated rings. The molecule has 1 amide bonds. The smallest absolute Gasteiger partial charge is 0.276 e. The van der Waals surface area contributed by atoms with E-state index in [9.17, 15) is 4.79 Å². The van der Waals surface area contributed by atoms with Gasteiger partial charge in [0.1, 0.15) is 0 Å². The Balaban J connectivity index is 1.71. The molecule has 0 atom stereocenters. The van der Waals surface area contributed by atoms with Crippen LogP contribution in [0.1, 0.15) is 35.6 Å². The Morgan fingerprint density at radius 1 is 1.19 bits per heavy atom. The summed E-state index contributed by atoms with van der Waals surface area (Å²) >= 11 is 0. The highest BCUT2D eigenvalue weighted by Gasteiger charge is 2.27. The molecule has 0 unspecified atom stereocenters. The van der Waals surface area contributed by atoms with E-state index in [2.05, 4.69) is 45.3 Å². The third-order valence-corrected chi connectivity index (χ3v) is 4.83. The molecular formula is C22H22N4O. The Hall–Kier alpha value is -3.21. The lowest BCUT2D eigenvalue weighted by molar-refractivity contribution is -0.110. The number of fused-ring (bicyclic) bond motifs is 2. The van der Waals surface area contributed by atoms with Crippen LogP contribution in [0.3, 0.4) is 0 Å². The van der Waals surface area contributed by atoms with Gasteiger partial charge in [-0.2, -0.15) is 5.10 Å². The highest BCUT2D eigenvalue weighted by molar-refractivity contribution is 6.54. The predicted octanol–water partition coefficient (Wildman–Crippen LogP) is 4.44. The normalized spacial score (nSPS) is 15.1. The van der Waals surface area contributed by atoms with Crippen LogP contribution in [0, 0.1) is 13.8 Å². The SMILES string of the molecule is CCCn1cc(/C=N\N=C2\C(=O)Nc3c(C)cc(C)cc32)c2ccccc21. The molecule has 0 radical (unpaired) electrons. The van der Waals surface area contributed by atoms with E-state index >= 15 is 0 Å². The van der Waals surface area contributed by atoms with Gasteiger partial charge in [0.2, 0.25) is 0 Å². The van der Waals surface area contributed by atoms with Crippen molar-refractivity contribution in [1.29, 1.82) is 0 Å². The van der Waals surface area contributed by atoms with E-state index in [1.54, 1.807) is 6.21 Å². The fourth-order valence-electron chi connectivity index (χ4n) is 3.67. The van der Waals surface area contributed by atoms with Gasteiger partial charge in [0.25, 0.3) is 5.91 Å². The molecule has 136 valence electrons. The Kier molecular flexibility index (Phi) is 4.36. The Labute approximate surface area is 158 Å². The topological polar surface area (TPSA) is 58.8 Å². The maximum atomic E-state index is 12.3. The average Bonchev–Trinajstić information content (AvgIpc) is 3.15. The molecule has 1 N–H and O–H groups in total. The van der Waals surface area contributed by atoms with Gasteiger partial charge in [0.15, 0.2) is 5.71 Å². The van der Waals surface area contributed by atoms with Gasteiger partial charge in [-0.1, -0.05) is 36.8 Å². The van der Waals surface area contributed by atoms with Crippen LogP contribution in [0.4, 0.5) is 5.69 Å². The summed E-state index contributed by atoms with van der Waals surface area (Å²) in [6.45, 7) is 7.12. The number of aryl methyl sites for hydroxylation is 3. The summed E-state index contributed by atoms with van der Waals surface area (Å²) in [6, 6.07) is 12.3. The van der Waals surface area contributed by atoms with Crippen LogP contribution in [-0.2, 0) is 11.3 Å². The minimum atomic E-state index is -0.204. The lowest BCUT2D eigenvalue weighted by atomic mass is 10.0. The van der Waals surface area contributed by atoms with Gasteiger partial charge in [0.05, 0.1) is 11.9 Å². The Bertz CT molecular complexity index is 1100. The number of carbonyl (C=O) groups is 1. The van der Waals surface area contributed by atoms with Crippen LogP contribution in [0.25, 0.3) is 10.9 Å². The van der Waals surface area contributed by atoms with E-state index in [0.29, 0.717) is 5.71 Å². The zero-order chi connectivity index (χ0) is 19.0. The van der Waals surface area contributed by atoms with Crippen LogP contribution in [0.5, 0.6) is 0 Å². The Morgan fingerprint density at radius 2 is 2.00 bits per heavy atom. The molecule has 4 rings (SSSR count). The minimum absolute atomic E-state index is 0.204. The van der Waals surface area contributed by atoms with Gasteiger partial charge in [-0.3, -0.25) is 4.79 Å². The van der Waals surface area contributed by atoms with Crippen LogP contribution >= 0.6 is 0 Å². The third kappa shape index (κ3) is 3.05. The number of aromatic nitrogens is 1. The first kappa shape index (κ1) is 17.2. The van der Waals surface area contributed by atoms with Crippen molar-refractivity contribution in [3.63, 3.8) is 0 Å². The molecular weight excluding hydrogens is 336 g/mol. The number of hydrogen-bond acceptors (Lipinski definition) is 3. The fraction of sp³-hybridized carbons (Fsp3) is 0.227. The van der Waals surface area contributed by atoms with Gasteiger partial charge in [-0.25, -0.2) is 0 Å². The third-order valence-electron chi connectivity index (χ3n) is 4.83. The van der Waals surface area contributed by atoms with Gasteiger partial charge >= 0.3 is 0 Å². The molecule has 2 heterocycles. The van der Waals surface area contributed by atoms with Gasteiger partial charge in [-0.05, 0) is 38.0 Å². The zero-order valence-electron chi connectivity index (χ0n) is 15.8. The number of nitrogens with zero attached hydrogens (tertiary/aromatic N) is 3. The number of rotatable bonds is 4. The molecule has 2 aromatic carbocycles. The first-order chi connectivity index (χ1) is 13.1. The molecule has 1 aromatic heterocycles. The summed E-state index contributed by atoms with van der Waals surface area (Å²) in [5.74, 6) is -0.204. The molecule has 0 bridgehead atoms. The predicted molar refractivity (Wildman–Crippen MR) is 111 cm³/mol. The average molecular weight is 358 g/mol. The molecule has 27 heavy (non-hydrogen) atoms. The summed E-state index contributed by atoms with van der Waals surface area (Å²) < 4.78 is 2.23. The largest absolute Gasteiger partial charge is 0.347 e. The second-order valence-electron chi connectivity index (χ2n) is 6.95. The van der Waals surface area contributed by atoms with Crippen LogP contribution in [0.15, 0.2) is 52.8 Å². The molecule has 1 aliphatic heterocycles. The summed E-state index contributed by atoms with van der Waals surface area (Å²) in [4.78, 5) is 12.3. The van der Waals surface area contributed by atoms with E-state index in [4.69, 9.17) is 0 Å². The van der Waals surface area contributed by atoms with Gasteiger partial charge < -0.3 is 9.88 Å². The first-order valence-corrected chi connectivity index (χ1v) is 9.20. The van der Waals surface area contributed by atoms with Crippen molar-refractivity contribution in [2.45, 2.75) is 33.7 Å². The van der Waals surface area contributed by atoms with Gasteiger partial charge in [0, 0.05) is 34.8 Å². The zero-order valence-corrected chi connectivity index (χ0v) is 15.8. The highest BCUT2D eigenvalue weighted by atomic mass is 16.2. The number of anilines is 1. The lowest BCUT2D eigenvalue weighted by Crippen LogP contribution is -2.13. The number of benzene rings is 2. The number of carbonyl (C=O) groups excluding carboxylic acids is 1. The lowest BCUT2D eigenvalue weighted by Gasteiger charge is -2.03. The summed E-state index contributed by atoms with van der Waals surface area (Å²) in [5.41, 5.74) is 6.34. The number of nitrogens with one attached hydrogen (secondary N) is 1. The minimum Gasteiger partial charge on any atom is -0.347 e. The molecule has 0 saturated heterocycles. The molecule has 0 aliphatic carbocycles. The van der Waals surface area contributed by atoms with Crippen LogP contribution < -0.4 is 5.32 Å². The monoisotopic (exact) mass is 358 g/mol. The summed E-state index contributed by atoms with van der Waals surface area (Å²) in [7, 11) is 0.